The third-order valence-corrected chi connectivity index (χ3v) is 6.48. The molecule has 2 saturated heterocycles. The number of aryl methyl sites for hydroxylation is 1. The molecule has 3 atom stereocenters. The number of ether oxygens (including phenoxy) is 1. The molecule has 0 spiro atoms. The zero-order valence-corrected chi connectivity index (χ0v) is 15.7. The Hall–Kier alpha value is -1.43. The summed E-state index contributed by atoms with van der Waals surface area (Å²) >= 11 is 0. The van der Waals surface area contributed by atoms with Crippen LogP contribution in [-0.2, 0) is 16.0 Å². The first-order valence-corrected chi connectivity index (χ1v) is 9.99. The van der Waals surface area contributed by atoms with E-state index in [4.69, 9.17) is 4.74 Å². The van der Waals surface area contributed by atoms with E-state index in [1.165, 1.54) is 5.56 Å². The maximum atomic E-state index is 13.1. The van der Waals surface area contributed by atoms with Gasteiger partial charge in [0.05, 0.1) is 18.8 Å². The smallest absolute Gasteiger partial charge is 0.241 e. The van der Waals surface area contributed by atoms with Crippen LogP contribution in [0.5, 0.6) is 0 Å². The van der Waals surface area contributed by atoms with Crippen LogP contribution in [-0.4, -0.2) is 60.4 Å². The van der Waals surface area contributed by atoms with E-state index in [0.29, 0.717) is 26.2 Å². The third kappa shape index (κ3) is 3.40. The van der Waals surface area contributed by atoms with Crippen molar-refractivity contribution in [2.75, 3.05) is 37.7 Å². The monoisotopic (exact) mass is 358 g/mol. The Bertz CT molecular complexity index is 660. The summed E-state index contributed by atoms with van der Waals surface area (Å²) in [5.74, 6) is 0.264. The number of benzene rings is 1. The number of anilines is 1. The second kappa shape index (κ2) is 7.29. The molecule has 142 valence electrons. The quantitative estimate of drug-likeness (QED) is 0.900. The predicted molar refractivity (Wildman–Crippen MR) is 101 cm³/mol. The van der Waals surface area contributed by atoms with Gasteiger partial charge >= 0.3 is 0 Å². The summed E-state index contributed by atoms with van der Waals surface area (Å²) in [7, 11) is 0. The summed E-state index contributed by atoms with van der Waals surface area (Å²) in [6, 6.07) is 8.49. The van der Waals surface area contributed by atoms with Crippen molar-refractivity contribution in [3.05, 3.63) is 29.8 Å². The molecule has 1 aromatic carbocycles. The van der Waals surface area contributed by atoms with E-state index in [2.05, 4.69) is 23.1 Å². The molecule has 5 nitrogen and oxygen atoms in total. The minimum absolute atomic E-state index is 0.0835. The lowest BCUT2D eigenvalue weighted by atomic mass is 9.79. The number of fused-ring (bicyclic) bond motifs is 1. The Labute approximate surface area is 155 Å². The van der Waals surface area contributed by atoms with Crippen molar-refractivity contribution in [1.82, 2.24) is 4.90 Å². The zero-order chi connectivity index (χ0) is 18.1. The van der Waals surface area contributed by atoms with Crippen molar-refractivity contribution < 1.29 is 14.6 Å². The van der Waals surface area contributed by atoms with Gasteiger partial charge in [0.25, 0.3) is 0 Å². The zero-order valence-electron chi connectivity index (χ0n) is 15.7. The van der Waals surface area contributed by atoms with Crippen molar-refractivity contribution >= 4 is 11.6 Å². The first-order valence-electron chi connectivity index (χ1n) is 9.99. The minimum atomic E-state index is -0.702. The summed E-state index contributed by atoms with van der Waals surface area (Å²) in [5.41, 5.74) is 1.65. The van der Waals surface area contributed by atoms with E-state index < -0.39 is 5.60 Å². The Morgan fingerprint density at radius 3 is 3.00 bits per heavy atom. The average molecular weight is 358 g/mol. The molecule has 0 bridgehead atoms. The van der Waals surface area contributed by atoms with Crippen LogP contribution >= 0.6 is 0 Å². The number of likely N-dealkylation sites (tertiary alicyclic amines) is 1. The Morgan fingerprint density at radius 1 is 1.31 bits per heavy atom. The number of hydrogen-bond donors (Lipinski definition) is 1. The lowest BCUT2D eigenvalue weighted by Gasteiger charge is -2.43. The highest BCUT2D eigenvalue weighted by atomic mass is 16.5. The van der Waals surface area contributed by atoms with Crippen LogP contribution in [0.3, 0.4) is 0 Å². The lowest BCUT2D eigenvalue weighted by molar-refractivity contribution is -0.130. The van der Waals surface area contributed by atoms with Gasteiger partial charge in [0.15, 0.2) is 0 Å². The van der Waals surface area contributed by atoms with Crippen LogP contribution in [0.2, 0.25) is 0 Å². The molecular formula is C21H30N2O3. The van der Waals surface area contributed by atoms with Gasteiger partial charge in [-0.15, -0.1) is 0 Å². The highest BCUT2D eigenvalue weighted by Gasteiger charge is 2.44. The summed E-state index contributed by atoms with van der Waals surface area (Å²) < 4.78 is 5.66. The van der Waals surface area contributed by atoms with Crippen molar-refractivity contribution in [2.45, 2.75) is 50.7 Å². The molecule has 0 aliphatic carbocycles. The van der Waals surface area contributed by atoms with E-state index >= 15 is 0 Å². The fourth-order valence-corrected chi connectivity index (χ4v) is 4.94. The summed E-state index contributed by atoms with van der Waals surface area (Å²) in [5, 5.41) is 10.8. The van der Waals surface area contributed by atoms with E-state index in [9.17, 15) is 9.90 Å². The molecule has 2 fully saturated rings. The highest BCUT2D eigenvalue weighted by Crippen LogP contribution is 2.36. The molecule has 3 aliphatic rings. The summed E-state index contributed by atoms with van der Waals surface area (Å²) in [6.07, 6.45) is 4.87. The fourth-order valence-electron chi connectivity index (χ4n) is 4.94. The van der Waals surface area contributed by atoms with Gasteiger partial charge in [0, 0.05) is 30.8 Å². The van der Waals surface area contributed by atoms with Gasteiger partial charge < -0.3 is 14.7 Å². The first-order chi connectivity index (χ1) is 12.6. The maximum absolute atomic E-state index is 13.1. The van der Waals surface area contributed by atoms with Gasteiger partial charge in [0.2, 0.25) is 5.91 Å². The number of hydrogen-bond acceptors (Lipinski definition) is 4. The van der Waals surface area contributed by atoms with Gasteiger partial charge in [-0.1, -0.05) is 18.2 Å². The molecule has 4 rings (SSSR count). The number of amides is 1. The highest BCUT2D eigenvalue weighted by molar-refractivity contribution is 5.96. The maximum Gasteiger partial charge on any atom is 0.241 e. The number of carbonyl (C=O) groups excluding carboxylic acids is 1. The minimum Gasteiger partial charge on any atom is -0.390 e. The van der Waals surface area contributed by atoms with Gasteiger partial charge in [0.1, 0.15) is 0 Å². The van der Waals surface area contributed by atoms with Crippen LogP contribution in [0.1, 0.15) is 38.2 Å². The normalized spacial score (nSPS) is 32.5. The molecule has 1 aromatic rings. The van der Waals surface area contributed by atoms with Gasteiger partial charge in [-0.3, -0.25) is 9.69 Å². The van der Waals surface area contributed by atoms with Crippen molar-refractivity contribution in [3.8, 4) is 0 Å². The fraction of sp³-hybridized carbons (Fsp3) is 0.667. The molecule has 0 aromatic heterocycles. The molecule has 5 heteroatoms. The summed E-state index contributed by atoms with van der Waals surface area (Å²) in [6.45, 7) is 5.32. The van der Waals surface area contributed by atoms with Crippen LogP contribution in [0.4, 0.5) is 5.69 Å². The number of carbonyl (C=O) groups is 1. The van der Waals surface area contributed by atoms with Crippen molar-refractivity contribution in [1.29, 1.82) is 0 Å². The van der Waals surface area contributed by atoms with Gasteiger partial charge in [-0.2, -0.15) is 0 Å². The average Bonchev–Trinajstić information content (AvgIpc) is 3.08. The first kappa shape index (κ1) is 18.0. The Balaban J connectivity index is 1.47. The second-order valence-electron chi connectivity index (χ2n) is 8.25. The number of aliphatic hydroxyl groups is 1. The largest absolute Gasteiger partial charge is 0.390 e. The number of nitrogens with zero attached hydrogens (tertiary/aromatic N) is 2. The van der Waals surface area contributed by atoms with E-state index in [-0.39, 0.29) is 17.9 Å². The van der Waals surface area contributed by atoms with Gasteiger partial charge in [-0.25, -0.2) is 0 Å². The standard InChI is InChI=1S/C21H30N2O3/c1-21(25)10-13-26-15-17(21)19-9-5-11-22(19)14-20(24)23-12-4-7-16-6-2-3-8-18(16)23/h2-3,6,8,17,19,25H,4-5,7,9-15H2,1H3/t17-,19+,21-/m0/s1. The molecule has 3 aliphatic heterocycles. The van der Waals surface area contributed by atoms with Crippen LogP contribution in [0.15, 0.2) is 24.3 Å². The molecule has 1 N–H and O–H groups in total. The SMILES string of the molecule is C[C@]1(O)CCOC[C@H]1[C@H]1CCCN1CC(=O)N1CCCc2ccccc21. The molecule has 0 radical (unpaired) electrons. The summed E-state index contributed by atoms with van der Waals surface area (Å²) in [4.78, 5) is 17.3. The lowest BCUT2D eigenvalue weighted by Crippen LogP contribution is -2.54. The molecule has 0 unspecified atom stereocenters. The molecular weight excluding hydrogens is 328 g/mol. The van der Waals surface area contributed by atoms with Crippen molar-refractivity contribution in [2.24, 2.45) is 5.92 Å². The van der Waals surface area contributed by atoms with Crippen LogP contribution < -0.4 is 4.90 Å². The van der Waals surface area contributed by atoms with Crippen LogP contribution in [0, 0.1) is 5.92 Å². The Kier molecular flexibility index (Phi) is 5.04. The molecule has 0 saturated carbocycles. The molecule has 26 heavy (non-hydrogen) atoms. The van der Waals surface area contributed by atoms with Crippen LogP contribution in [0.25, 0.3) is 0 Å². The second-order valence-corrected chi connectivity index (χ2v) is 8.25. The van der Waals surface area contributed by atoms with Crippen molar-refractivity contribution in [3.63, 3.8) is 0 Å². The van der Waals surface area contributed by atoms with E-state index in [0.717, 1.165) is 44.5 Å². The van der Waals surface area contributed by atoms with E-state index in [1.807, 2.05) is 17.9 Å². The Morgan fingerprint density at radius 2 is 2.15 bits per heavy atom. The van der Waals surface area contributed by atoms with Gasteiger partial charge in [-0.05, 0) is 57.2 Å². The predicted octanol–water partition coefficient (Wildman–Crippen LogP) is 2.22. The molecule has 3 heterocycles. The third-order valence-electron chi connectivity index (χ3n) is 6.48. The number of rotatable bonds is 3. The number of para-hydroxylation sites is 1. The molecule has 1 amide bonds. The van der Waals surface area contributed by atoms with E-state index in [1.54, 1.807) is 0 Å². The topological polar surface area (TPSA) is 53.0 Å².